The number of ether oxygens (including phenoxy) is 1. The lowest BCUT2D eigenvalue weighted by Crippen LogP contribution is -1.84. The van der Waals surface area contributed by atoms with Crippen molar-refractivity contribution >= 4 is 27.0 Å². The van der Waals surface area contributed by atoms with E-state index in [2.05, 4.69) is 25.9 Å². The van der Waals surface area contributed by atoms with Crippen molar-refractivity contribution in [3.8, 4) is 5.75 Å². The number of fused-ring (bicyclic) bond motifs is 1. The molecule has 3 nitrogen and oxygen atoms in total. The Bertz CT molecular complexity index is 410. The number of methoxy groups -OCH3 is 1. The average molecular weight is 227 g/mol. The highest BCUT2D eigenvalue weighted by Crippen LogP contribution is 2.28. The minimum atomic E-state index is 0.811. The number of aromatic nitrogens is 2. The maximum atomic E-state index is 5.15. The van der Waals surface area contributed by atoms with Gasteiger partial charge in [0.25, 0.3) is 0 Å². The van der Waals surface area contributed by atoms with E-state index in [1.54, 1.807) is 13.4 Å². The van der Waals surface area contributed by atoms with Crippen LogP contribution in [0.4, 0.5) is 0 Å². The Labute approximate surface area is 77.9 Å². The summed E-state index contributed by atoms with van der Waals surface area (Å²) in [5, 5.41) is 0. The molecule has 2 aromatic rings. The summed E-state index contributed by atoms with van der Waals surface area (Å²) in [6.45, 7) is 0. The summed E-state index contributed by atoms with van der Waals surface area (Å²) in [5.74, 6) is 0.811. The molecule has 0 spiro atoms. The van der Waals surface area contributed by atoms with Crippen LogP contribution in [0.25, 0.3) is 11.0 Å². The van der Waals surface area contributed by atoms with Crippen LogP contribution in [-0.2, 0) is 0 Å². The van der Waals surface area contributed by atoms with Crippen molar-refractivity contribution in [1.82, 2.24) is 9.97 Å². The van der Waals surface area contributed by atoms with E-state index in [4.69, 9.17) is 4.74 Å². The molecule has 4 heteroatoms. The Balaban J connectivity index is 2.82. The molecule has 62 valence electrons. The Kier molecular flexibility index (Phi) is 1.77. The molecule has 0 radical (unpaired) electrons. The molecule has 0 saturated carbocycles. The van der Waals surface area contributed by atoms with Gasteiger partial charge in [0.1, 0.15) is 16.8 Å². The monoisotopic (exact) mass is 226 g/mol. The minimum Gasteiger partial charge on any atom is -0.494 e. The number of nitrogens with one attached hydrogen (secondary N) is 1. The van der Waals surface area contributed by atoms with Crippen LogP contribution in [-0.4, -0.2) is 17.1 Å². The predicted octanol–water partition coefficient (Wildman–Crippen LogP) is 2.33. The molecule has 0 aliphatic heterocycles. The van der Waals surface area contributed by atoms with Crippen LogP contribution in [0.2, 0.25) is 0 Å². The molecule has 1 heterocycles. The van der Waals surface area contributed by atoms with E-state index in [0.29, 0.717) is 0 Å². The fourth-order valence-corrected chi connectivity index (χ4v) is 1.58. The normalized spacial score (nSPS) is 10.5. The van der Waals surface area contributed by atoms with Gasteiger partial charge in [0.05, 0.1) is 13.4 Å². The lowest BCUT2D eigenvalue weighted by atomic mass is 10.3. The van der Waals surface area contributed by atoms with Crippen molar-refractivity contribution in [2.75, 3.05) is 7.11 Å². The van der Waals surface area contributed by atoms with E-state index in [1.807, 2.05) is 12.1 Å². The third-order valence-corrected chi connectivity index (χ3v) is 2.35. The summed E-state index contributed by atoms with van der Waals surface area (Å²) in [5.41, 5.74) is 1.82. The maximum Gasteiger partial charge on any atom is 0.144 e. The average Bonchev–Trinajstić information content (AvgIpc) is 2.54. The molecule has 1 N–H and O–H groups in total. The molecule has 0 atom stereocenters. The third-order valence-electron chi connectivity index (χ3n) is 1.71. The molecule has 12 heavy (non-hydrogen) atoms. The molecule has 0 amide bonds. The number of halogens is 1. The molecule has 0 aliphatic carbocycles. The van der Waals surface area contributed by atoms with Gasteiger partial charge in [0, 0.05) is 4.47 Å². The first-order valence-electron chi connectivity index (χ1n) is 3.48. The largest absolute Gasteiger partial charge is 0.494 e. The quantitative estimate of drug-likeness (QED) is 0.811. The number of aromatic amines is 1. The van der Waals surface area contributed by atoms with Crippen molar-refractivity contribution in [3.63, 3.8) is 0 Å². The van der Waals surface area contributed by atoms with Gasteiger partial charge in [-0.05, 0) is 28.1 Å². The zero-order valence-electron chi connectivity index (χ0n) is 6.47. The summed E-state index contributed by atoms with van der Waals surface area (Å²) < 4.78 is 6.12. The standard InChI is InChI=1S/C8H7BrN2O/c1-12-6-3-2-5(9)7-8(6)11-4-10-7/h2-4H,1H3,(H,10,11). The Morgan fingerprint density at radius 2 is 2.33 bits per heavy atom. The van der Waals surface area contributed by atoms with E-state index in [1.165, 1.54) is 0 Å². The lowest BCUT2D eigenvalue weighted by molar-refractivity contribution is 0.419. The van der Waals surface area contributed by atoms with Crippen LogP contribution in [0, 0.1) is 0 Å². The predicted molar refractivity (Wildman–Crippen MR) is 50.3 cm³/mol. The van der Waals surface area contributed by atoms with Crippen LogP contribution in [0.3, 0.4) is 0 Å². The van der Waals surface area contributed by atoms with Gasteiger partial charge in [-0.25, -0.2) is 4.98 Å². The van der Waals surface area contributed by atoms with Crippen LogP contribution < -0.4 is 4.74 Å². The van der Waals surface area contributed by atoms with Gasteiger partial charge >= 0.3 is 0 Å². The molecule has 0 saturated heterocycles. The smallest absolute Gasteiger partial charge is 0.144 e. The summed E-state index contributed by atoms with van der Waals surface area (Å²) >= 11 is 3.40. The van der Waals surface area contributed by atoms with E-state index in [9.17, 15) is 0 Å². The Morgan fingerprint density at radius 1 is 1.50 bits per heavy atom. The molecular weight excluding hydrogens is 220 g/mol. The summed E-state index contributed by atoms with van der Waals surface area (Å²) in [4.78, 5) is 7.16. The highest BCUT2D eigenvalue weighted by Gasteiger charge is 2.05. The highest BCUT2D eigenvalue weighted by atomic mass is 79.9. The number of rotatable bonds is 1. The fourth-order valence-electron chi connectivity index (χ4n) is 1.14. The van der Waals surface area contributed by atoms with E-state index < -0.39 is 0 Å². The van der Waals surface area contributed by atoms with Crippen LogP contribution in [0.1, 0.15) is 0 Å². The third kappa shape index (κ3) is 0.992. The van der Waals surface area contributed by atoms with Crippen LogP contribution in [0.15, 0.2) is 22.9 Å². The van der Waals surface area contributed by atoms with E-state index in [-0.39, 0.29) is 0 Å². The maximum absolute atomic E-state index is 5.15. The molecule has 2 rings (SSSR count). The first kappa shape index (κ1) is 7.61. The van der Waals surface area contributed by atoms with E-state index >= 15 is 0 Å². The second-order valence-corrected chi connectivity index (χ2v) is 3.23. The molecule has 1 aromatic heterocycles. The molecule has 1 aromatic carbocycles. The van der Waals surface area contributed by atoms with Gasteiger partial charge in [-0.1, -0.05) is 0 Å². The van der Waals surface area contributed by atoms with Gasteiger partial charge in [0.15, 0.2) is 0 Å². The number of H-pyrrole nitrogens is 1. The second kappa shape index (κ2) is 2.79. The first-order chi connectivity index (χ1) is 5.83. The number of hydrogen-bond acceptors (Lipinski definition) is 2. The number of nitrogens with zero attached hydrogens (tertiary/aromatic N) is 1. The highest BCUT2D eigenvalue weighted by molar-refractivity contribution is 9.10. The van der Waals surface area contributed by atoms with Crippen molar-refractivity contribution in [3.05, 3.63) is 22.9 Å². The van der Waals surface area contributed by atoms with Gasteiger partial charge in [-0.15, -0.1) is 0 Å². The Morgan fingerprint density at radius 3 is 3.08 bits per heavy atom. The molecular formula is C8H7BrN2O. The van der Waals surface area contributed by atoms with Gasteiger partial charge in [-0.2, -0.15) is 0 Å². The summed E-state index contributed by atoms with van der Waals surface area (Å²) in [7, 11) is 1.64. The number of benzene rings is 1. The van der Waals surface area contributed by atoms with Crippen LogP contribution >= 0.6 is 15.9 Å². The zero-order chi connectivity index (χ0) is 8.55. The van der Waals surface area contributed by atoms with Gasteiger partial charge < -0.3 is 9.72 Å². The SMILES string of the molecule is COc1ccc(Br)c2nc[nH]c12. The van der Waals surface area contributed by atoms with Crippen LogP contribution in [0.5, 0.6) is 5.75 Å². The van der Waals surface area contributed by atoms with Crippen molar-refractivity contribution in [2.45, 2.75) is 0 Å². The minimum absolute atomic E-state index is 0.811. The van der Waals surface area contributed by atoms with Gasteiger partial charge in [-0.3, -0.25) is 0 Å². The zero-order valence-corrected chi connectivity index (χ0v) is 8.05. The van der Waals surface area contributed by atoms with Crippen molar-refractivity contribution < 1.29 is 4.74 Å². The van der Waals surface area contributed by atoms with Crippen molar-refractivity contribution in [2.24, 2.45) is 0 Å². The topological polar surface area (TPSA) is 37.9 Å². The molecule has 0 fully saturated rings. The molecule has 0 unspecified atom stereocenters. The van der Waals surface area contributed by atoms with Gasteiger partial charge in [0.2, 0.25) is 0 Å². The Hall–Kier alpha value is -1.03. The second-order valence-electron chi connectivity index (χ2n) is 2.38. The molecule has 0 aliphatic rings. The lowest BCUT2D eigenvalue weighted by Gasteiger charge is -2.00. The molecule has 0 bridgehead atoms. The first-order valence-corrected chi connectivity index (χ1v) is 4.28. The fraction of sp³-hybridized carbons (Fsp3) is 0.125. The summed E-state index contributed by atoms with van der Waals surface area (Å²) in [6.07, 6.45) is 1.65. The number of imidazole rings is 1. The number of hydrogen-bond donors (Lipinski definition) is 1. The van der Waals surface area contributed by atoms with E-state index in [0.717, 1.165) is 21.3 Å². The van der Waals surface area contributed by atoms with Crippen molar-refractivity contribution in [1.29, 1.82) is 0 Å². The summed E-state index contributed by atoms with van der Waals surface area (Å²) in [6, 6.07) is 3.81.